The summed E-state index contributed by atoms with van der Waals surface area (Å²) in [6.07, 6.45) is 1.85. The van der Waals surface area contributed by atoms with Crippen molar-refractivity contribution >= 4 is 11.6 Å². The first-order chi connectivity index (χ1) is 12.1. The molecule has 2 aromatic heterocycles. The maximum absolute atomic E-state index is 12.5. The number of amides is 1. The van der Waals surface area contributed by atoms with E-state index < -0.39 is 0 Å². The van der Waals surface area contributed by atoms with Crippen LogP contribution in [0.4, 0.5) is 0 Å². The van der Waals surface area contributed by atoms with Crippen molar-refractivity contribution in [3.63, 3.8) is 0 Å². The number of rotatable bonds is 6. The fourth-order valence-corrected chi connectivity index (χ4v) is 2.68. The molecule has 1 aromatic carbocycles. The molecule has 1 N–H and O–H groups in total. The van der Waals surface area contributed by atoms with Crippen LogP contribution in [-0.2, 0) is 0 Å². The first kappa shape index (κ1) is 16.8. The number of fused-ring (bicyclic) bond motifs is 1. The topological polar surface area (TPSA) is 64.9 Å². The fourth-order valence-electron chi connectivity index (χ4n) is 2.68. The zero-order valence-corrected chi connectivity index (χ0v) is 14.6. The molecule has 0 bridgehead atoms. The predicted octanol–water partition coefficient (Wildman–Crippen LogP) is 2.77. The second-order valence-electron chi connectivity index (χ2n) is 5.71. The van der Waals surface area contributed by atoms with Gasteiger partial charge < -0.3 is 14.8 Å². The van der Waals surface area contributed by atoms with Crippen molar-refractivity contribution in [3.8, 4) is 11.5 Å². The quantitative estimate of drug-likeness (QED) is 0.702. The zero-order chi connectivity index (χ0) is 17.8. The summed E-state index contributed by atoms with van der Waals surface area (Å²) < 4.78 is 12.5. The van der Waals surface area contributed by atoms with Gasteiger partial charge >= 0.3 is 0 Å². The van der Waals surface area contributed by atoms with Crippen LogP contribution in [0.3, 0.4) is 0 Å². The summed E-state index contributed by atoms with van der Waals surface area (Å²) in [6, 6.07) is 11.2. The van der Waals surface area contributed by atoms with Crippen LogP contribution in [0.1, 0.15) is 21.7 Å². The Morgan fingerprint density at radius 2 is 1.88 bits per heavy atom. The number of hydrogen-bond donors (Lipinski definition) is 1. The highest BCUT2D eigenvalue weighted by molar-refractivity contribution is 5.94. The molecule has 3 aromatic rings. The number of benzene rings is 1. The molecule has 1 amide bonds. The monoisotopic (exact) mass is 339 g/mol. The van der Waals surface area contributed by atoms with E-state index in [1.54, 1.807) is 7.11 Å². The molecule has 3 rings (SSSR count). The maximum Gasteiger partial charge on any atom is 0.270 e. The van der Waals surface area contributed by atoms with E-state index >= 15 is 0 Å². The minimum absolute atomic E-state index is 0.158. The van der Waals surface area contributed by atoms with E-state index in [0.29, 0.717) is 24.5 Å². The highest BCUT2D eigenvalue weighted by atomic mass is 16.5. The van der Waals surface area contributed by atoms with Crippen LogP contribution in [-0.4, -0.2) is 35.6 Å². The molecular formula is C19H21N3O3. The molecule has 0 spiro atoms. The summed E-state index contributed by atoms with van der Waals surface area (Å²) in [6.45, 7) is 4.61. The van der Waals surface area contributed by atoms with Crippen LogP contribution in [0.2, 0.25) is 0 Å². The zero-order valence-electron chi connectivity index (χ0n) is 14.6. The molecule has 130 valence electrons. The van der Waals surface area contributed by atoms with Gasteiger partial charge in [0, 0.05) is 6.20 Å². The van der Waals surface area contributed by atoms with Crippen molar-refractivity contribution in [2.75, 3.05) is 20.3 Å². The van der Waals surface area contributed by atoms with Gasteiger partial charge in [-0.2, -0.15) is 0 Å². The normalized spacial score (nSPS) is 10.7. The lowest BCUT2D eigenvalue weighted by molar-refractivity contribution is 0.0940. The lowest BCUT2D eigenvalue weighted by atomic mass is 10.3. The molecule has 0 saturated carbocycles. The molecule has 6 heteroatoms. The Bertz CT molecular complexity index is 885. The minimum Gasteiger partial charge on any atom is -0.497 e. The van der Waals surface area contributed by atoms with E-state index in [2.05, 4.69) is 10.3 Å². The van der Waals surface area contributed by atoms with Gasteiger partial charge in [-0.1, -0.05) is 6.07 Å². The number of aryl methyl sites for hydroxylation is 2. The number of methoxy groups -OCH3 is 1. The molecule has 0 unspecified atom stereocenters. The summed E-state index contributed by atoms with van der Waals surface area (Å²) in [5, 5.41) is 2.88. The standard InChI is InChI=1S/C19H21N3O3/c1-13-5-4-11-22-17(14(2)21-18(13)22)19(23)20-10-12-25-16-8-6-15(24-3)7-9-16/h4-9,11H,10,12H2,1-3H3,(H,20,23). The van der Waals surface area contributed by atoms with Crippen molar-refractivity contribution in [3.05, 3.63) is 59.5 Å². The van der Waals surface area contributed by atoms with Gasteiger partial charge in [-0.15, -0.1) is 0 Å². The first-order valence-corrected chi connectivity index (χ1v) is 8.09. The van der Waals surface area contributed by atoms with Crippen molar-refractivity contribution in [1.29, 1.82) is 0 Å². The van der Waals surface area contributed by atoms with Gasteiger partial charge in [0.25, 0.3) is 5.91 Å². The largest absolute Gasteiger partial charge is 0.497 e. The lowest BCUT2D eigenvalue weighted by Gasteiger charge is -2.09. The van der Waals surface area contributed by atoms with Crippen LogP contribution in [0.5, 0.6) is 11.5 Å². The maximum atomic E-state index is 12.5. The summed E-state index contributed by atoms with van der Waals surface area (Å²) in [5.74, 6) is 1.35. The number of hydrogen-bond acceptors (Lipinski definition) is 4. The van der Waals surface area contributed by atoms with Crippen LogP contribution < -0.4 is 14.8 Å². The highest BCUT2D eigenvalue weighted by Gasteiger charge is 2.16. The molecule has 0 fully saturated rings. The van der Waals surface area contributed by atoms with E-state index in [1.165, 1.54) is 0 Å². The van der Waals surface area contributed by atoms with Crippen molar-refractivity contribution in [1.82, 2.24) is 14.7 Å². The van der Waals surface area contributed by atoms with Gasteiger partial charge in [-0.3, -0.25) is 9.20 Å². The van der Waals surface area contributed by atoms with Crippen LogP contribution in [0.25, 0.3) is 5.65 Å². The molecule has 2 heterocycles. The smallest absolute Gasteiger partial charge is 0.270 e. The SMILES string of the molecule is COc1ccc(OCCNC(=O)c2c(C)nc3c(C)cccn23)cc1. The van der Waals surface area contributed by atoms with Gasteiger partial charge in [0.15, 0.2) is 0 Å². The Morgan fingerprint density at radius 3 is 2.60 bits per heavy atom. The molecule has 0 saturated heterocycles. The third-order valence-corrected chi connectivity index (χ3v) is 3.95. The Labute approximate surface area is 146 Å². The molecule has 25 heavy (non-hydrogen) atoms. The number of imidazole rings is 1. The third-order valence-electron chi connectivity index (χ3n) is 3.95. The first-order valence-electron chi connectivity index (χ1n) is 8.09. The second kappa shape index (κ2) is 7.25. The average molecular weight is 339 g/mol. The van der Waals surface area contributed by atoms with E-state index in [4.69, 9.17) is 9.47 Å². The number of ether oxygens (including phenoxy) is 2. The van der Waals surface area contributed by atoms with Gasteiger partial charge in [0.2, 0.25) is 0 Å². The van der Waals surface area contributed by atoms with Crippen LogP contribution >= 0.6 is 0 Å². The Balaban J connectivity index is 1.59. The van der Waals surface area contributed by atoms with Crippen molar-refractivity contribution in [2.24, 2.45) is 0 Å². The lowest BCUT2D eigenvalue weighted by Crippen LogP contribution is -2.29. The van der Waals surface area contributed by atoms with Gasteiger partial charge in [-0.05, 0) is 49.7 Å². The number of nitrogens with zero attached hydrogens (tertiary/aromatic N) is 2. The van der Waals surface area contributed by atoms with Gasteiger partial charge in [0.05, 0.1) is 19.3 Å². The van der Waals surface area contributed by atoms with E-state index in [1.807, 2.05) is 60.8 Å². The summed E-state index contributed by atoms with van der Waals surface area (Å²) in [4.78, 5) is 17.0. The Morgan fingerprint density at radius 1 is 1.16 bits per heavy atom. The molecular weight excluding hydrogens is 318 g/mol. The third kappa shape index (κ3) is 3.57. The Kier molecular flexibility index (Phi) is 4.88. The molecule has 0 aliphatic heterocycles. The highest BCUT2D eigenvalue weighted by Crippen LogP contribution is 2.17. The minimum atomic E-state index is -0.158. The van der Waals surface area contributed by atoms with E-state index in [-0.39, 0.29) is 5.91 Å². The molecule has 0 radical (unpaired) electrons. The van der Waals surface area contributed by atoms with Crippen LogP contribution in [0, 0.1) is 13.8 Å². The van der Waals surface area contributed by atoms with Crippen molar-refractivity contribution < 1.29 is 14.3 Å². The fraction of sp³-hybridized carbons (Fsp3) is 0.263. The molecule has 6 nitrogen and oxygen atoms in total. The molecule has 0 aliphatic rings. The van der Waals surface area contributed by atoms with Crippen molar-refractivity contribution in [2.45, 2.75) is 13.8 Å². The number of nitrogens with one attached hydrogen (secondary N) is 1. The summed E-state index contributed by atoms with van der Waals surface area (Å²) in [5.41, 5.74) is 3.11. The van der Waals surface area contributed by atoms with E-state index in [0.717, 1.165) is 22.7 Å². The van der Waals surface area contributed by atoms with Gasteiger partial charge in [-0.25, -0.2) is 4.98 Å². The number of carbonyl (C=O) groups excluding carboxylic acids is 1. The average Bonchev–Trinajstić information content (AvgIpc) is 2.96. The van der Waals surface area contributed by atoms with Gasteiger partial charge in [0.1, 0.15) is 29.4 Å². The predicted molar refractivity (Wildman–Crippen MR) is 95.5 cm³/mol. The number of carbonyl (C=O) groups is 1. The second-order valence-corrected chi connectivity index (χ2v) is 5.71. The number of aromatic nitrogens is 2. The summed E-state index contributed by atoms with van der Waals surface area (Å²) in [7, 11) is 1.62. The Hall–Kier alpha value is -3.02. The van der Waals surface area contributed by atoms with E-state index in [9.17, 15) is 4.79 Å². The molecule has 0 atom stereocenters. The molecule has 0 aliphatic carbocycles. The summed E-state index contributed by atoms with van der Waals surface area (Å²) >= 11 is 0. The van der Waals surface area contributed by atoms with Crippen LogP contribution in [0.15, 0.2) is 42.6 Å². The number of pyridine rings is 1.